The molecule has 2 rings (SSSR count). The Morgan fingerprint density at radius 2 is 1.95 bits per heavy atom. The lowest BCUT2D eigenvalue weighted by atomic mass is 10.2. The zero-order valence-corrected chi connectivity index (χ0v) is 12.6. The zero-order chi connectivity index (χ0) is 14.5. The maximum atomic E-state index is 11.9. The molecular formula is C13H11BrN2O3S. The number of halogens is 1. The largest absolute Gasteiger partial charge is 0.479 e. The van der Waals surface area contributed by atoms with Crippen molar-refractivity contribution in [3.05, 3.63) is 51.1 Å². The number of anilines is 1. The van der Waals surface area contributed by atoms with Crippen molar-refractivity contribution < 1.29 is 14.7 Å². The molecule has 2 amide bonds. The van der Waals surface area contributed by atoms with E-state index in [4.69, 9.17) is 5.11 Å². The summed E-state index contributed by atoms with van der Waals surface area (Å²) in [6, 6.07) is 8.86. The fourth-order valence-corrected chi connectivity index (χ4v) is 2.71. The summed E-state index contributed by atoms with van der Waals surface area (Å²) in [6.45, 7) is 0. The number of benzene rings is 1. The van der Waals surface area contributed by atoms with Crippen molar-refractivity contribution in [2.45, 2.75) is 6.04 Å². The van der Waals surface area contributed by atoms with Crippen molar-refractivity contribution in [3.63, 3.8) is 0 Å². The average molecular weight is 355 g/mol. The van der Waals surface area contributed by atoms with Crippen LogP contribution in [0.4, 0.5) is 10.5 Å². The SMILES string of the molecule is O=C(Nc1ccccc1Br)NC(C(=O)O)c1cccs1. The molecule has 104 valence electrons. The molecular weight excluding hydrogens is 344 g/mol. The predicted molar refractivity (Wildman–Crippen MR) is 81.0 cm³/mol. The fourth-order valence-electron chi connectivity index (χ4n) is 1.56. The molecule has 0 aliphatic heterocycles. The number of carboxylic acid groups (broad SMARTS) is 1. The number of hydrogen-bond donors (Lipinski definition) is 3. The summed E-state index contributed by atoms with van der Waals surface area (Å²) in [5, 5.41) is 16.0. The van der Waals surface area contributed by atoms with E-state index in [1.54, 1.807) is 35.7 Å². The molecule has 1 aromatic carbocycles. The van der Waals surface area contributed by atoms with Gasteiger partial charge in [-0.25, -0.2) is 9.59 Å². The molecule has 0 saturated carbocycles. The third-order valence-corrected chi connectivity index (χ3v) is 4.10. The lowest BCUT2D eigenvalue weighted by Gasteiger charge is -2.14. The van der Waals surface area contributed by atoms with E-state index >= 15 is 0 Å². The van der Waals surface area contributed by atoms with Gasteiger partial charge in [0.2, 0.25) is 0 Å². The van der Waals surface area contributed by atoms with Gasteiger partial charge in [-0.3, -0.25) is 0 Å². The normalized spacial score (nSPS) is 11.7. The lowest BCUT2D eigenvalue weighted by molar-refractivity contribution is -0.139. The summed E-state index contributed by atoms with van der Waals surface area (Å²) in [4.78, 5) is 23.6. The number of carbonyl (C=O) groups excluding carboxylic acids is 1. The molecule has 0 radical (unpaired) electrons. The Morgan fingerprint density at radius 1 is 1.20 bits per heavy atom. The van der Waals surface area contributed by atoms with Crippen molar-refractivity contribution in [3.8, 4) is 0 Å². The lowest BCUT2D eigenvalue weighted by Crippen LogP contribution is -2.36. The zero-order valence-electron chi connectivity index (χ0n) is 10.2. The molecule has 1 atom stereocenters. The quantitative estimate of drug-likeness (QED) is 0.786. The van der Waals surface area contributed by atoms with E-state index in [9.17, 15) is 9.59 Å². The molecule has 0 spiro atoms. The van der Waals surface area contributed by atoms with Crippen molar-refractivity contribution >= 4 is 45.0 Å². The van der Waals surface area contributed by atoms with E-state index in [1.807, 2.05) is 6.07 Å². The van der Waals surface area contributed by atoms with Crippen LogP contribution in [0.15, 0.2) is 46.3 Å². The van der Waals surface area contributed by atoms with Crippen molar-refractivity contribution in [2.75, 3.05) is 5.32 Å². The molecule has 0 saturated heterocycles. The van der Waals surface area contributed by atoms with Gasteiger partial charge >= 0.3 is 12.0 Å². The monoisotopic (exact) mass is 354 g/mol. The van der Waals surface area contributed by atoms with Gasteiger partial charge in [0.25, 0.3) is 0 Å². The Labute approximate surface area is 127 Å². The van der Waals surface area contributed by atoms with Gasteiger partial charge in [0.05, 0.1) is 5.69 Å². The van der Waals surface area contributed by atoms with Gasteiger partial charge in [-0.1, -0.05) is 18.2 Å². The van der Waals surface area contributed by atoms with Gasteiger partial charge in [-0.05, 0) is 39.5 Å². The van der Waals surface area contributed by atoms with E-state index in [-0.39, 0.29) is 0 Å². The summed E-state index contributed by atoms with van der Waals surface area (Å²) in [7, 11) is 0. The van der Waals surface area contributed by atoms with Gasteiger partial charge in [0.1, 0.15) is 0 Å². The number of rotatable bonds is 4. The van der Waals surface area contributed by atoms with Crippen LogP contribution in [0, 0.1) is 0 Å². The van der Waals surface area contributed by atoms with Crippen LogP contribution in [0.1, 0.15) is 10.9 Å². The molecule has 0 aliphatic carbocycles. The average Bonchev–Trinajstić information content (AvgIpc) is 2.92. The van der Waals surface area contributed by atoms with E-state index in [0.29, 0.717) is 10.6 Å². The molecule has 5 nitrogen and oxygen atoms in total. The summed E-state index contributed by atoms with van der Waals surface area (Å²) < 4.78 is 0.721. The first kappa shape index (κ1) is 14.5. The maximum Gasteiger partial charge on any atom is 0.331 e. The molecule has 0 aliphatic rings. The maximum absolute atomic E-state index is 11.9. The van der Waals surface area contributed by atoms with E-state index < -0.39 is 18.0 Å². The van der Waals surface area contributed by atoms with Crippen LogP contribution in [-0.2, 0) is 4.79 Å². The number of carboxylic acids is 1. The molecule has 1 unspecified atom stereocenters. The van der Waals surface area contributed by atoms with Crippen LogP contribution in [0.25, 0.3) is 0 Å². The topological polar surface area (TPSA) is 78.4 Å². The third-order valence-electron chi connectivity index (χ3n) is 2.47. The minimum Gasteiger partial charge on any atom is -0.479 e. The second kappa shape index (κ2) is 6.53. The Morgan fingerprint density at radius 3 is 2.55 bits per heavy atom. The second-order valence-corrected chi connectivity index (χ2v) is 5.70. The Bertz CT molecular complexity index is 616. The van der Waals surface area contributed by atoms with Crippen LogP contribution in [0.2, 0.25) is 0 Å². The molecule has 1 aromatic heterocycles. The minimum absolute atomic E-state index is 0.569. The van der Waals surface area contributed by atoms with Gasteiger partial charge in [-0.15, -0.1) is 11.3 Å². The number of urea groups is 1. The van der Waals surface area contributed by atoms with E-state index in [0.717, 1.165) is 4.47 Å². The number of hydrogen-bond acceptors (Lipinski definition) is 3. The van der Waals surface area contributed by atoms with Crippen LogP contribution in [0.5, 0.6) is 0 Å². The minimum atomic E-state index is -1.10. The summed E-state index contributed by atoms with van der Waals surface area (Å²) in [5.74, 6) is -1.10. The molecule has 7 heteroatoms. The molecule has 20 heavy (non-hydrogen) atoms. The molecule has 0 bridgehead atoms. The van der Waals surface area contributed by atoms with E-state index in [1.165, 1.54) is 11.3 Å². The highest BCUT2D eigenvalue weighted by Crippen LogP contribution is 2.22. The number of para-hydroxylation sites is 1. The molecule has 1 heterocycles. The van der Waals surface area contributed by atoms with Gasteiger partial charge in [0.15, 0.2) is 6.04 Å². The first-order valence-electron chi connectivity index (χ1n) is 5.66. The van der Waals surface area contributed by atoms with Crippen molar-refractivity contribution in [2.24, 2.45) is 0 Å². The first-order valence-corrected chi connectivity index (χ1v) is 7.33. The smallest absolute Gasteiger partial charge is 0.331 e. The summed E-state index contributed by atoms with van der Waals surface area (Å²) >= 11 is 4.58. The van der Waals surface area contributed by atoms with Crippen LogP contribution < -0.4 is 10.6 Å². The third kappa shape index (κ3) is 3.58. The first-order chi connectivity index (χ1) is 9.58. The molecule has 0 fully saturated rings. The Balaban J connectivity index is 2.06. The highest BCUT2D eigenvalue weighted by atomic mass is 79.9. The van der Waals surface area contributed by atoms with Crippen molar-refractivity contribution in [1.29, 1.82) is 0 Å². The predicted octanol–water partition coefficient (Wildman–Crippen LogP) is 3.46. The van der Waals surface area contributed by atoms with Gasteiger partial charge in [0, 0.05) is 9.35 Å². The highest BCUT2D eigenvalue weighted by molar-refractivity contribution is 9.10. The van der Waals surface area contributed by atoms with Gasteiger partial charge < -0.3 is 15.7 Å². The fraction of sp³-hybridized carbons (Fsp3) is 0.0769. The number of amides is 2. The molecule has 2 aromatic rings. The number of aliphatic carboxylic acids is 1. The Hall–Kier alpha value is -1.86. The number of thiophene rings is 1. The van der Waals surface area contributed by atoms with Crippen molar-refractivity contribution in [1.82, 2.24) is 5.32 Å². The van der Waals surface area contributed by atoms with Crippen LogP contribution in [0.3, 0.4) is 0 Å². The number of nitrogens with one attached hydrogen (secondary N) is 2. The summed E-state index contributed by atoms with van der Waals surface area (Å²) in [5.41, 5.74) is 0.570. The highest BCUT2D eigenvalue weighted by Gasteiger charge is 2.23. The Kier molecular flexibility index (Phi) is 4.75. The van der Waals surface area contributed by atoms with E-state index in [2.05, 4.69) is 26.6 Å². The second-order valence-electron chi connectivity index (χ2n) is 3.86. The van der Waals surface area contributed by atoms with Crippen LogP contribution in [-0.4, -0.2) is 17.1 Å². The van der Waals surface area contributed by atoms with Crippen LogP contribution >= 0.6 is 27.3 Å². The summed E-state index contributed by atoms with van der Waals surface area (Å²) in [6.07, 6.45) is 0. The molecule has 3 N–H and O–H groups in total. The van der Waals surface area contributed by atoms with Gasteiger partial charge in [-0.2, -0.15) is 0 Å². The standard InChI is InChI=1S/C13H11BrN2O3S/c14-8-4-1-2-5-9(8)15-13(19)16-11(12(17)18)10-6-3-7-20-10/h1-7,11H,(H,17,18)(H2,15,16,19). The number of carbonyl (C=O) groups is 2.